The van der Waals surface area contributed by atoms with Crippen molar-refractivity contribution in [2.75, 3.05) is 0 Å². The Morgan fingerprint density at radius 1 is 1.05 bits per heavy atom. The molecule has 1 aromatic rings. The molecule has 0 spiro atoms. The lowest BCUT2D eigenvalue weighted by Gasteiger charge is -2.31. The van der Waals surface area contributed by atoms with E-state index in [-0.39, 0.29) is 5.92 Å². The molecule has 0 bridgehead atoms. The molecule has 1 aliphatic carbocycles. The van der Waals surface area contributed by atoms with E-state index in [0.717, 1.165) is 0 Å². The molecule has 0 aromatic heterocycles. The van der Waals surface area contributed by atoms with Gasteiger partial charge in [0.25, 0.3) is 0 Å². The molecule has 0 N–H and O–H groups in total. The topological polar surface area (TPSA) is 17.1 Å². The monoisotopic (exact) mass is 258 g/mol. The minimum absolute atomic E-state index is 0.126. The van der Waals surface area contributed by atoms with Crippen molar-refractivity contribution in [2.45, 2.75) is 65.7 Å². The number of rotatable bonds is 3. The molecule has 0 amide bonds. The number of hydrogen-bond acceptors (Lipinski definition) is 1. The van der Waals surface area contributed by atoms with Gasteiger partial charge in [0.15, 0.2) is 0 Å². The fraction of sp³-hybridized carbons (Fsp3) is 0.611. The first kappa shape index (κ1) is 14.3. The number of hydrogen-bond donors (Lipinski definition) is 0. The largest absolute Gasteiger partial charge is 0.299 e. The molecule has 1 atom stereocenters. The molecule has 1 nitrogen and oxygen atoms in total. The second-order valence-corrected chi connectivity index (χ2v) is 6.30. The third-order valence-electron chi connectivity index (χ3n) is 4.61. The molecule has 0 heterocycles. The predicted molar refractivity (Wildman–Crippen MR) is 80.7 cm³/mol. The van der Waals surface area contributed by atoms with E-state index in [4.69, 9.17) is 0 Å². The van der Waals surface area contributed by atoms with Crippen molar-refractivity contribution in [1.82, 2.24) is 0 Å². The van der Waals surface area contributed by atoms with Gasteiger partial charge in [-0.2, -0.15) is 0 Å². The highest BCUT2D eigenvalue weighted by molar-refractivity contribution is 5.84. The molecule has 2 rings (SSSR count). The Morgan fingerprint density at radius 2 is 1.58 bits per heavy atom. The molecular formula is C18H26O. The lowest BCUT2D eigenvalue weighted by molar-refractivity contribution is -0.119. The highest BCUT2D eigenvalue weighted by Gasteiger charge is 2.30. The quantitative estimate of drug-likeness (QED) is 0.756. The summed E-state index contributed by atoms with van der Waals surface area (Å²) >= 11 is 0. The number of ketones is 1. The van der Waals surface area contributed by atoms with Crippen molar-refractivity contribution < 1.29 is 4.79 Å². The molecule has 1 unspecified atom stereocenters. The van der Waals surface area contributed by atoms with E-state index >= 15 is 0 Å². The Hall–Kier alpha value is -1.11. The van der Waals surface area contributed by atoms with E-state index in [9.17, 15) is 4.79 Å². The summed E-state index contributed by atoms with van der Waals surface area (Å²) in [4.78, 5) is 12.2. The van der Waals surface area contributed by atoms with Crippen LogP contribution in [-0.2, 0) is 4.79 Å². The summed E-state index contributed by atoms with van der Waals surface area (Å²) in [5, 5.41) is 0. The van der Waals surface area contributed by atoms with Gasteiger partial charge in [-0.15, -0.1) is 0 Å². The second kappa shape index (κ2) is 5.90. The predicted octanol–water partition coefficient (Wildman–Crippen LogP) is 4.86. The van der Waals surface area contributed by atoms with E-state index in [1.165, 1.54) is 54.4 Å². The fourth-order valence-corrected chi connectivity index (χ4v) is 3.92. The third kappa shape index (κ3) is 3.08. The molecule has 1 heteroatoms. The Morgan fingerprint density at radius 3 is 2.05 bits per heavy atom. The lowest BCUT2D eigenvalue weighted by atomic mass is 9.73. The zero-order chi connectivity index (χ0) is 14.0. The SMILES string of the molecule is CC(=O)C(c1c(C)cc(C)cc1C)C1CCCCC1. The van der Waals surface area contributed by atoms with Crippen LogP contribution in [0.4, 0.5) is 0 Å². The molecule has 1 saturated carbocycles. The van der Waals surface area contributed by atoms with Crippen LogP contribution >= 0.6 is 0 Å². The van der Waals surface area contributed by atoms with Gasteiger partial charge in [-0.1, -0.05) is 37.0 Å². The van der Waals surface area contributed by atoms with Gasteiger partial charge in [-0.25, -0.2) is 0 Å². The van der Waals surface area contributed by atoms with Crippen LogP contribution in [0.5, 0.6) is 0 Å². The van der Waals surface area contributed by atoms with Crippen LogP contribution in [0.25, 0.3) is 0 Å². The summed E-state index contributed by atoms with van der Waals surface area (Å²) in [6.07, 6.45) is 6.36. The summed E-state index contributed by atoms with van der Waals surface area (Å²) in [5.41, 5.74) is 5.20. The highest BCUT2D eigenvalue weighted by atomic mass is 16.1. The lowest BCUT2D eigenvalue weighted by Crippen LogP contribution is -2.24. The molecule has 0 radical (unpaired) electrons. The van der Waals surface area contributed by atoms with Crippen molar-refractivity contribution in [3.63, 3.8) is 0 Å². The first-order valence-corrected chi connectivity index (χ1v) is 7.59. The van der Waals surface area contributed by atoms with Crippen molar-refractivity contribution in [3.8, 4) is 0 Å². The first-order valence-electron chi connectivity index (χ1n) is 7.59. The van der Waals surface area contributed by atoms with Gasteiger partial charge < -0.3 is 0 Å². The summed E-state index contributed by atoms with van der Waals surface area (Å²) < 4.78 is 0. The van der Waals surface area contributed by atoms with E-state index in [1.54, 1.807) is 6.92 Å². The van der Waals surface area contributed by atoms with Crippen LogP contribution in [0.2, 0.25) is 0 Å². The van der Waals surface area contributed by atoms with Crippen LogP contribution in [-0.4, -0.2) is 5.78 Å². The maximum atomic E-state index is 12.2. The maximum Gasteiger partial charge on any atom is 0.137 e. The molecule has 1 aliphatic rings. The Labute approximate surface area is 117 Å². The maximum absolute atomic E-state index is 12.2. The Bertz CT molecular complexity index is 444. The zero-order valence-corrected chi connectivity index (χ0v) is 12.8. The van der Waals surface area contributed by atoms with E-state index < -0.39 is 0 Å². The second-order valence-electron chi connectivity index (χ2n) is 6.30. The summed E-state index contributed by atoms with van der Waals surface area (Å²) in [6.45, 7) is 8.23. The minimum atomic E-state index is 0.126. The fourth-order valence-electron chi connectivity index (χ4n) is 3.92. The normalized spacial score (nSPS) is 18.3. The Balaban J connectivity index is 2.41. The van der Waals surface area contributed by atoms with Gasteiger partial charge in [-0.05, 0) is 63.1 Å². The number of carbonyl (C=O) groups excluding carboxylic acids is 1. The molecule has 0 saturated heterocycles. The number of aryl methyl sites for hydroxylation is 3. The van der Waals surface area contributed by atoms with Crippen LogP contribution in [0, 0.1) is 26.7 Å². The van der Waals surface area contributed by atoms with Crippen molar-refractivity contribution in [3.05, 3.63) is 34.4 Å². The minimum Gasteiger partial charge on any atom is -0.299 e. The van der Waals surface area contributed by atoms with Gasteiger partial charge in [0.05, 0.1) is 0 Å². The van der Waals surface area contributed by atoms with E-state index in [1.807, 2.05) is 0 Å². The summed E-state index contributed by atoms with van der Waals surface area (Å²) in [5.74, 6) is 1.04. The molecular weight excluding hydrogens is 232 g/mol. The number of carbonyl (C=O) groups is 1. The Kier molecular flexibility index (Phi) is 4.44. The number of Topliss-reactive ketones (excluding diaryl/α,β-unsaturated/α-hetero) is 1. The average Bonchev–Trinajstić information content (AvgIpc) is 2.34. The first-order chi connectivity index (χ1) is 9.00. The van der Waals surface area contributed by atoms with Crippen LogP contribution in [0.15, 0.2) is 12.1 Å². The highest BCUT2D eigenvalue weighted by Crippen LogP contribution is 2.39. The smallest absolute Gasteiger partial charge is 0.137 e. The van der Waals surface area contributed by atoms with E-state index in [0.29, 0.717) is 11.7 Å². The molecule has 0 aliphatic heterocycles. The van der Waals surface area contributed by atoms with Crippen LogP contribution < -0.4 is 0 Å². The van der Waals surface area contributed by atoms with E-state index in [2.05, 4.69) is 32.9 Å². The number of benzene rings is 1. The van der Waals surface area contributed by atoms with Crippen LogP contribution in [0.1, 0.15) is 67.2 Å². The summed E-state index contributed by atoms with van der Waals surface area (Å²) in [7, 11) is 0. The van der Waals surface area contributed by atoms with Crippen molar-refractivity contribution in [2.24, 2.45) is 5.92 Å². The molecule has 1 aromatic carbocycles. The summed E-state index contributed by atoms with van der Waals surface area (Å²) in [6, 6.07) is 4.45. The van der Waals surface area contributed by atoms with Gasteiger partial charge in [0, 0.05) is 5.92 Å². The average molecular weight is 258 g/mol. The standard InChI is InChI=1S/C18H26O/c1-12-10-13(2)17(14(3)11-12)18(15(4)19)16-8-6-5-7-9-16/h10-11,16,18H,5-9H2,1-4H3. The van der Waals surface area contributed by atoms with Gasteiger partial charge in [-0.3, -0.25) is 4.79 Å². The third-order valence-corrected chi connectivity index (χ3v) is 4.61. The van der Waals surface area contributed by atoms with Crippen LogP contribution in [0.3, 0.4) is 0 Å². The van der Waals surface area contributed by atoms with Crippen molar-refractivity contribution in [1.29, 1.82) is 0 Å². The molecule has 1 fully saturated rings. The van der Waals surface area contributed by atoms with Gasteiger partial charge in [0.1, 0.15) is 5.78 Å². The van der Waals surface area contributed by atoms with Gasteiger partial charge >= 0.3 is 0 Å². The molecule has 19 heavy (non-hydrogen) atoms. The van der Waals surface area contributed by atoms with Crippen molar-refractivity contribution >= 4 is 5.78 Å². The molecule has 104 valence electrons. The van der Waals surface area contributed by atoms with Gasteiger partial charge in [0.2, 0.25) is 0 Å². The zero-order valence-electron chi connectivity index (χ0n) is 12.8.